The minimum atomic E-state index is 0.0937. The van der Waals surface area contributed by atoms with Gasteiger partial charge in [-0.1, -0.05) is 15.9 Å². The molecule has 19 heavy (non-hydrogen) atoms. The number of fused-ring (bicyclic) bond motifs is 1. The van der Waals surface area contributed by atoms with E-state index in [1.807, 2.05) is 23.1 Å². The molecule has 5 nitrogen and oxygen atoms in total. The molecule has 3 rings (SSSR count). The van der Waals surface area contributed by atoms with Crippen molar-refractivity contribution in [3.05, 3.63) is 28.9 Å². The van der Waals surface area contributed by atoms with Gasteiger partial charge in [0.05, 0.1) is 24.9 Å². The largest absolute Gasteiger partial charge is 0.378 e. The highest BCUT2D eigenvalue weighted by molar-refractivity contribution is 9.10. The van der Waals surface area contributed by atoms with Gasteiger partial charge in [-0.2, -0.15) is 5.10 Å². The van der Waals surface area contributed by atoms with Crippen LogP contribution in [-0.2, 0) is 16.1 Å². The Kier molecular flexibility index (Phi) is 3.52. The topological polar surface area (TPSA) is 47.4 Å². The fraction of sp³-hybridized carbons (Fsp3) is 0.385. The molecule has 1 amide bonds. The third-order valence-electron chi connectivity index (χ3n) is 3.25. The second-order valence-corrected chi connectivity index (χ2v) is 5.41. The molecular weight excluding hydrogens is 310 g/mol. The predicted molar refractivity (Wildman–Crippen MR) is 74.8 cm³/mol. The van der Waals surface area contributed by atoms with Crippen LogP contribution in [0.15, 0.2) is 28.9 Å². The number of rotatable bonds is 2. The van der Waals surface area contributed by atoms with E-state index in [9.17, 15) is 4.79 Å². The molecule has 0 radical (unpaired) electrons. The fourth-order valence-corrected chi connectivity index (χ4v) is 2.60. The standard InChI is InChI=1S/C13H14BrN3O2/c14-11-1-2-12-10(7-11)8-15-17(12)9-13(18)16-3-5-19-6-4-16/h1-2,7-8H,3-6,9H2. The normalized spacial score (nSPS) is 15.9. The van der Waals surface area contributed by atoms with Crippen LogP contribution in [0.1, 0.15) is 0 Å². The van der Waals surface area contributed by atoms with Gasteiger partial charge >= 0.3 is 0 Å². The van der Waals surface area contributed by atoms with Gasteiger partial charge in [0.1, 0.15) is 6.54 Å². The zero-order valence-electron chi connectivity index (χ0n) is 10.4. The second kappa shape index (κ2) is 5.30. The minimum absolute atomic E-state index is 0.0937. The van der Waals surface area contributed by atoms with Gasteiger partial charge in [-0.3, -0.25) is 9.48 Å². The van der Waals surface area contributed by atoms with Crippen LogP contribution in [0, 0.1) is 0 Å². The molecule has 0 atom stereocenters. The van der Waals surface area contributed by atoms with Gasteiger partial charge in [0.25, 0.3) is 0 Å². The van der Waals surface area contributed by atoms with Gasteiger partial charge in [-0.15, -0.1) is 0 Å². The van der Waals surface area contributed by atoms with E-state index in [0.717, 1.165) is 15.4 Å². The van der Waals surface area contributed by atoms with E-state index in [2.05, 4.69) is 21.0 Å². The average Bonchev–Trinajstić information content (AvgIpc) is 2.82. The van der Waals surface area contributed by atoms with Crippen LogP contribution in [0.25, 0.3) is 10.9 Å². The van der Waals surface area contributed by atoms with Crippen LogP contribution in [0.5, 0.6) is 0 Å². The maximum Gasteiger partial charge on any atom is 0.244 e. The molecule has 1 fully saturated rings. The quantitative estimate of drug-likeness (QED) is 0.844. The molecule has 1 aromatic carbocycles. The summed E-state index contributed by atoms with van der Waals surface area (Å²) in [4.78, 5) is 14.0. The lowest BCUT2D eigenvalue weighted by Gasteiger charge is -2.26. The van der Waals surface area contributed by atoms with E-state index in [1.54, 1.807) is 10.9 Å². The molecule has 0 bridgehead atoms. The van der Waals surface area contributed by atoms with Crippen LogP contribution in [0.2, 0.25) is 0 Å². The van der Waals surface area contributed by atoms with Crippen molar-refractivity contribution in [1.82, 2.24) is 14.7 Å². The fourth-order valence-electron chi connectivity index (χ4n) is 2.22. The third-order valence-corrected chi connectivity index (χ3v) is 3.75. The first-order valence-corrected chi connectivity index (χ1v) is 7.00. The van der Waals surface area contributed by atoms with Gasteiger partial charge in [-0.25, -0.2) is 0 Å². The van der Waals surface area contributed by atoms with E-state index in [1.165, 1.54) is 0 Å². The van der Waals surface area contributed by atoms with Crippen LogP contribution >= 0.6 is 15.9 Å². The lowest BCUT2D eigenvalue weighted by molar-refractivity contribution is -0.136. The molecule has 100 valence electrons. The Hall–Kier alpha value is -1.40. The third kappa shape index (κ3) is 2.64. The molecule has 0 spiro atoms. The lowest BCUT2D eigenvalue weighted by Crippen LogP contribution is -2.42. The zero-order chi connectivity index (χ0) is 13.2. The Morgan fingerprint density at radius 2 is 2.16 bits per heavy atom. The highest BCUT2D eigenvalue weighted by atomic mass is 79.9. The first-order chi connectivity index (χ1) is 9.24. The van der Waals surface area contributed by atoms with Crippen LogP contribution in [-0.4, -0.2) is 46.9 Å². The van der Waals surface area contributed by atoms with Crippen LogP contribution in [0.3, 0.4) is 0 Å². The lowest BCUT2D eigenvalue weighted by atomic mass is 10.2. The van der Waals surface area contributed by atoms with Crippen molar-refractivity contribution in [2.45, 2.75) is 6.54 Å². The van der Waals surface area contributed by atoms with Gasteiger partial charge in [-0.05, 0) is 18.2 Å². The summed E-state index contributed by atoms with van der Waals surface area (Å²) in [5.74, 6) is 0.0937. The Labute approximate surface area is 119 Å². The van der Waals surface area contributed by atoms with Gasteiger partial charge in [0, 0.05) is 22.9 Å². The number of benzene rings is 1. The summed E-state index contributed by atoms with van der Waals surface area (Å²) in [5.41, 5.74) is 0.977. The van der Waals surface area contributed by atoms with Crippen molar-refractivity contribution in [3.8, 4) is 0 Å². The van der Waals surface area contributed by atoms with E-state index in [4.69, 9.17) is 4.74 Å². The molecule has 2 heterocycles. The number of nitrogens with zero attached hydrogens (tertiary/aromatic N) is 3. The Morgan fingerprint density at radius 3 is 2.95 bits per heavy atom. The summed E-state index contributed by atoms with van der Waals surface area (Å²) in [5, 5.41) is 5.32. The molecule has 1 aliphatic heterocycles. The monoisotopic (exact) mass is 323 g/mol. The minimum Gasteiger partial charge on any atom is -0.378 e. The highest BCUT2D eigenvalue weighted by Crippen LogP contribution is 2.19. The van der Waals surface area contributed by atoms with E-state index >= 15 is 0 Å². The summed E-state index contributed by atoms with van der Waals surface area (Å²) >= 11 is 3.43. The maximum absolute atomic E-state index is 12.2. The molecule has 0 unspecified atom stereocenters. The van der Waals surface area contributed by atoms with Gasteiger partial charge in [0.15, 0.2) is 0 Å². The summed E-state index contributed by atoms with van der Waals surface area (Å²) in [7, 11) is 0. The average molecular weight is 324 g/mol. The predicted octanol–water partition coefficient (Wildman–Crippen LogP) is 1.66. The molecule has 0 aliphatic carbocycles. The number of morpholine rings is 1. The summed E-state index contributed by atoms with van der Waals surface area (Å²) < 4.78 is 8.01. The first-order valence-electron chi connectivity index (χ1n) is 6.20. The molecule has 6 heteroatoms. The Bertz CT molecular complexity index is 605. The number of carbonyl (C=O) groups is 1. The smallest absolute Gasteiger partial charge is 0.244 e. The highest BCUT2D eigenvalue weighted by Gasteiger charge is 2.18. The molecule has 0 saturated carbocycles. The molecular formula is C13H14BrN3O2. The van der Waals surface area contributed by atoms with Gasteiger partial charge < -0.3 is 9.64 Å². The van der Waals surface area contributed by atoms with Crippen molar-refractivity contribution >= 4 is 32.7 Å². The number of hydrogen-bond acceptors (Lipinski definition) is 3. The van der Waals surface area contributed by atoms with Gasteiger partial charge in [0.2, 0.25) is 5.91 Å². The first kappa shape index (κ1) is 12.6. The SMILES string of the molecule is O=C(Cn1ncc2cc(Br)ccc21)N1CCOCC1. The molecule has 0 N–H and O–H groups in total. The molecule has 2 aromatic rings. The van der Waals surface area contributed by atoms with Crippen molar-refractivity contribution in [1.29, 1.82) is 0 Å². The van der Waals surface area contributed by atoms with Crippen LogP contribution in [0.4, 0.5) is 0 Å². The van der Waals surface area contributed by atoms with E-state index in [0.29, 0.717) is 26.3 Å². The summed E-state index contributed by atoms with van der Waals surface area (Å²) in [6.07, 6.45) is 1.78. The number of ether oxygens (including phenoxy) is 1. The number of halogens is 1. The molecule has 1 aliphatic rings. The second-order valence-electron chi connectivity index (χ2n) is 4.50. The molecule has 1 aromatic heterocycles. The Balaban J connectivity index is 1.79. The summed E-state index contributed by atoms with van der Waals surface area (Å²) in [6, 6.07) is 5.93. The van der Waals surface area contributed by atoms with E-state index in [-0.39, 0.29) is 12.5 Å². The van der Waals surface area contributed by atoms with Crippen molar-refractivity contribution in [2.24, 2.45) is 0 Å². The van der Waals surface area contributed by atoms with Crippen molar-refractivity contribution in [2.75, 3.05) is 26.3 Å². The van der Waals surface area contributed by atoms with Crippen molar-refractivity contribution in [3.63, 3.8) is 0 Å². The summed E-state index contributed by atoms with van der Waals surface area (Å²) in [6.45, 7) is 2.87. The molecule has 1 saturated heterocycles. The zero-order valence-corrected chi connectivity index (χ0v) is 12.0. The van der Waals surface area contributed by atoms with Crippen LogP contribution < -0.4 is 0 Å². The number of hydrogen-bond donors (Lipinski definition) is 0. The Morgan fingerprint density at radius 1 is 1.37 bits per heavy atom. The number of carbonyl (C=O) groups excluding carboxylic acids is 1. The maximum atomic E-state index is 12.2. The number of amides is 1. The van der Waals surface area contributed by atoms with Crippen molar-refractivity contribution < 1.29 is 9.53 Å². The van der Waals surface area contributed by atoms with E-state index < -0.39 is 0 Å². The number of aromatic nitrogens is 2.